The van der Waals surface area contributed by atoms with Crippen LogP contribution in [0.25, 0.3) is 5.65 Å². The molecule has 3 heterocycles. The Labute approximate surface area is 333 Å². The average molecular weight is 788 g/mol. The maximum absolute atomic E-state index is 12.3. The molecule has 0 spiro atoms. The Bertz CT molecular complexity index is 2050. The molecule has 3 aromatic heterocycles. The SMILES string of the molecule is CC[C@@H](C)Oc1nc(N(Cc2ccc(OC)cc2OC)Cc2ccc(OC)cc2OC)c2ncc(C(O)c3ccc(OCCN(C)C(=O)OC(C)(C)C)nc3)n2n1. The Morgan fingerprint density at radius 3 is 2.04 bits per heavy atom. The molecule has 0 aliphatic heterocycles. The van der Waals surface area contributed by atoms with E-state index in [0.717, 1.165) is 11.1 Å². The normalized spacial score (nSPS) is 12.4. The molecule has 5 aromatic rings. The molecular weight excluding hydrogens is 734 g/mol. The summed E-state index contributed by atoms with van der Waals surface area (Å²) < 4.78 is 41.4. The second-order valence-corrected chi connectivity index (χ2v) is 14.3. The summed E-state index contributed by atoms with van der Waals surface area (Å²) in [5.74, 6) is 3.32. The van der Waals surface area contributed by atoms with Crippen LogP contribution in [-0.2, 0) is 17.8 Å². The number of carbonyl (C=O) groups is 1. The summed E-state index contributed by atoms with van der Waals surface area (Å²) in [6.45, 7) is 10.5. The third-order valence-corrected chi connectivity index (χ3v) is 8.98. The number of aliphatic hydroxyl groups is 1. The number of aromatic nitrogens is 5. The van der Waals surface area contributed by atoms with Crippen LogP contribution >= 0.6 is 0 Å². The van der Waals surface area contributed by atoms with E-state index in [-0.39, 0.29) is 18.7 Å². The Hall–Kier alpha value is -6.03. The van der Waals surface area contributed by atoms with Crippen LogP contribution in [0.3, 0.4) is 0 Å². The van der Waals surface area contributed by atoms with Crippen LogP contribution in [-0.4, -0.2) is 101 Å². The third-order valence-electron chi connectivity index (χ3n) is 8.98. The van der Waals surface area contributed by atoms with Gasteiger partial charge < -0.3 is 48.1 Å². The van der Waals surface area contributed by atoms with Crippen molar-refractivity contribution in [1.82, 2.24) is 29.5 Å². The van der Waals surface area contributed by atoms with Crippen LogP contribution in [0.15, 0.2) is 60.9 Å². The van der Waals surface area contributed by atoms with E-state index in [4.69, 9.17) is 48.2 Å². The van der Waals surface area contributed by atoms with E-state index >= 15 is 0 Å². The van der Waals surface area contributed by atoms with Gasteiger partial charge in [0.2, 0.25) is 5.88 Å². The topological polar surface area (TPSA) is 164 Å². The number of aliphatic hydroxyl groups excluding tert-OH is 1. The smallest absolute Gasteiger partial charge is 0.410 e. The number of imidazole rings is 1. The molecule has 57 heavy (non-hydrogen) atoms. The summed E-state index contributed by atoms with van der Waals surface area (Å²) in [6.07, 6.45) is 1.96. The maximum Gasteiger partial charge on any atom is 0.410 e. The lowest BCUT2D eigenvalue weighted by Gasteiger charge is -2.27. The van der Waals surface area contributed by atoms with Crippen molar-refractivity contribution < 1.29 is 43.1 Å². The minimum Gasteiger partial charge on any atom is -0.497 e. The van der Waals surface area contributed by atoms with Crippen LogP contribution in [0.5, 0.6) is 34.9 Å². The van der Waals surface area contributed by atoms with Gasteiger partial charge in [-0.2, -0.15) is 4.98 Å². The Balaban J connectivity index is 1.51. The van der Waals surface area contributed by atoms with Gasteiger partial charge in [-0.05, 0) is 64.4 Å². The van der Waals surface area contributed by atoms with E-state index in [9.17, 15) is 9.90 Å². The number of likely N-dealkylation sites (N-methyl/N-ethyl adjacent to an activating group) is 1. The molecule has 16 heteroatoms. The van der Waals surface area contributed by atoms with Gasteiger partial charge in [0.15, 0.2) is 11.5 Å². The predicted octanol–water partition coefficient (Wildman–Crippen LogP) is 6.27. The van der Waals surface area contributed by atoms with E-state index in [2.05, 4.69) is 4.98 Å². The van der Waals surface area contributed by atoms with E-state index in [1.165, 1.54) is 11.1 Å². The van der Waals surface area contributed by atoms with Crippen LogP contribution in [0, 0.1) is 0 Å². The molecule has 2 atom stereocenters. The summed E-state index contributed by atoms with van der Waals surface area (Å²) >= 11 is 0. The van der Waals surface area contributed by atoms with Crippen LogP contribution in [0.1, 0.15) is 69.5 Å². The number of amides is 1. The van der Waals surface area contributed by atoms with Gasteiger partial charge in [-0.15, -0.1) is 5.10 Å². The largest absolute Gasteiger partial charge is 0.497 e. The molecule has 1 N–H and O–H groups in total. The van der Waals surface area contributed by atoms with Gasteiger partial charge in [-0.25, -0.2) is 19.3 Å². The minimum atomic E-state index is -1.18. The molecule has 5 rings (SSSR count). The summed E-state index contributed by atoms with van der Waals surface area (Å²) in [5, 5.41) is 16.5. The van der Waals surface area contributed by atoms with E-state index in [0.29, 0.717) is 77.7 Å². The number of anilines is 1. The zero-order valence-corrected chi connectivity index (χ0v) is 34.3. The molecular formula is C41H53N7O9. The van der Waals surface area contributed by atoms with Gasteiger partial charge in [-0.1, -0.05) is 6.92 Å². The minimum absolute atomic E-state index is 0.102. The van der Waals surface area contributed by atoms with Crippen molar-refractivity contribution in [1.29, 1.82) is 0 Å². The Kier molecular flexibility index (Phi) is 13.8. The van der Waals surface area contributed by atoms with Gasteiger partial charge in [0.05, 0.1) is 53.0 Å². The zero-order valence-electron chi connectivity index (χ0n) is 34.3. The quantitative estimate of drug-likeness (QED) is 0.106. The highest BCUT2D eigenvalue weighted by Crippen LogP contribution is 2.34. The number of hydrogen-bond donors (Lipinski definition) is 1. The first kappa shape index (κ1) is 42.1. The number of hydrogen-bond acceptors (Lipinski definition) is 14. The van der Waals surface area contributed by atoms with Crippen LogP contribution in [0.2, 0.25) is 0 Å². The number of pyridine rings is 1. The molecule has 0 saturated heterocycles. The molecule has 0 aliphatic carbocycles. The Morgan fingerprint density at radius 1 is 0.877 bits per heavy atom. The molecule has 2 aromatic carbocycles. The molecule has 0 aliphatic rings. The van der Waals surface area contributed by atoms with Crippen LogP contribution in [0.4, 0.5) is 10.6 Å². The number of benzene rings is 2. The number of ether oxygens (including phenoxy) is 7. The standard InChI is InChI=1S/C41H53N7O9/c1-11-26(2)56-39-44-38(47(24-28-12-15-30(51-7)20-33(28)53-9)25-29-13-16-31(52-8)21-34(29)54-10)37-43-23-32(48(37)45-39)36(49)27-14-17-35(42-22-27)55-19-18-46(6)40(50)57-41(3,4)5/h12-17,20-23,26,36,49H,11,18-19,24-25H2,1-10H3/t26-,36?/m1/s1. The lowest BCUT2D eigenvalue weighted by molar-refractivity contribution is 0.0277. The van der Waals surface area contributed by atoms with Crippen LogP contribution < -0.4 is 33.3 Å². The summed E-state index contributed by atoms with van der Waals surface area (Å²) in [5.41, 5.74) is 2.32. The number of nitrogens with zero attached hydrogens (tertiary/aromatic N) is 7. The van der Waals surface area contributed by atoms with Gasteiger partial charge in [0, 0.05) is 61.2 Å². The monoisotopic (exact) mass is 787 g/mol. The van der Waals surface area contributed by atoms with E-state index < -0.39 is 17.8 Å². The molecule has 16 nitrogen and oxygen atoms in total. The fourth-order valence-electron chi connectivity index (χ4n) is 5.69. The highest BCUT2D eigenvalue weighted by atomic mass is 16.6. The molecule has 1 unspecified atom stereocenters. The van der Waals surface area contributed by atoms with Gasteiger partial charge in [0.1, 0.15) is 41.3 Å². The Morgan fingerprint density at radius 2 is 1.51 bits per heavy atom. The summed E-state index contributed by atoms with van der Waals surface area (Å²) in [4.78, 5) is 29.8. The number of rotatable bonds is 18. The maximum atomic E-state index is 12.3. The van der Waals surface area contributed by atoms with E-state index in [1.54, 1.807) is 58.3 Å². The lowest BCUT2D eigenvalue weighted by Crippen LogP contribution is -2.36. The highest BCUT2D eigenvalue weighted by Gasteiger charge is 2.26. The number of carbonyl (C=O) groups excluding carboxylic acids is 1. The van der Waals surface area contributed by atoms with Crippen molar-refractivity contribution in [3.63, 3.8) is 0 Å². The van der Waals surface area contributed by atoms with E-state index in [1.807, 2.05) is 75.9 Å². The summed E-state index contributed by atoms with van der Waals surface area (Å²) in [7, 11) is 8.06. The first-order valence-electron chi connectivity index (χ1n) is 18.6. The fraction of sp³-hybridized carbons (Fsp3) is 0.439. The highest BCUT2D eigenvalue weighted by molar-refractivity contribution is 5.68. The predicted molar refractivity (Wildman–Crippen MR) is 213 cm³/mol. The molecule has 0 fully saturated rings. The molecule has 0 saturated carbocycles. The number of fused-ring (bicyclic) bond motifs is 1. The van der Waals surface area contributed by atoms with Gasteiger partial charge in [-0.3, -0.25) is 0 Å². The van der Waals surface area contributed by atoms with Gasteiger partial charge in [0.25, 0.3) is 0 Å². The zero-order chi connectivity index (χ0) is 41.3. The molecule has 306 valence electrons. The van der Waals surface area contributed by atoms with Crippen molar-refractivity contribution in [3.8, 4) is 34.9 Å². The lowest BCUT2D eigenvalue weighted by atomic mass is 10.1. The van der Waals surface area contributed by atoms with Crippen molar-refractivity contribution >= 4 is 17.6 Å². The summed E-state index contributed by atoms with van der Waals surface area (Å²) in [6, 6.07) is 14.7. The average Bonchev–Trinajstić information content (AvgIpc) is 3.63. The van der Waals surface area contributed by atoms with Crippen molar-refractivity contribution in [2.45, 2.75) is 71.9 Å². The molecule has 0 radical (unpaired) electrons. The first-order valence-corrected chi connectivity index (χ1v) is 18.6. The second kappa shape index (κ2) is 18.7. The molecule has 0 bridgehead atoms. The first-order chi connectivity index (χ1) is 27.3. The molecule has 1 amide bonds. The second-order valence-electron chi connectivity index (χ2n) is 14.3. The van der Waals surface area contributed by atoms with Crippen molar-refractivity contribution in [2.75, 3.05) is 53.5 Å². The third kappa shape index (κ3) is 10.6. The van der Waals surface area contributed by atoms with Crippen molar-refractivity contribution in [3.05, 3.63) is 83.3 Å². The van der Waals surface area contributed by atoms with Crippen molar-refractivity contribution in [2.24, 2.45) is 0 Å². The van der Waals surface area contributed by atoms with Gasteiger partial charge >= 0.3 is 12.1 Å². The fourth-order valence-corrected chi connectivity index (χ4v) is 5.69. The number of methoxy groups -OCH3 is 4.